The summed E-state index contributed by atoms with van der Waals surface area (Å²) in [5.74, 6) is 1.72. The SMILES string of the molecule is Ic1cccc2c1N(Cc1ccc3c(c1)OCO3)CC2. The number of nitrogens with zero attached hydrogens (tertiary/aromatic N) is 1. The number of hydrogen-bond acceptors (Lipinski definition) is 3. The fraction of sp³-hybridized carbons (Fsp3) is 0.250. The second kappa shape index (κ2) is 4.84. The highest BCUT2D eigenvalue weighted by molar-refractivity contribution is 14.1. The Labute approximate surface area is 131 Å². The van der Waals surface area contributed by atoms with Gasteiger partial charge in [0.2, 0.25) is 6.79 Å². The number of halogens is 1. The Bertz CT molecular complexity index is 672. The normalized spacial score (nSPS) is 15.6. The fourth-order valence-corrected chi connectivity index (χ4v) is 3.80. The molecule has 102 valence electrons. The summed E-state index contributed by atoms with van der Waals surface area (Å²) in [4.78, 5) is 2.45. The summed E-state index contributed by atoms with van der Waals surface area (Å²) in [7, 11) is 0. The van der Waals surface area contributed by atoms with E-state index in [-0.39, 0.29) is 0 Å². The molecule has 4 heteroatoms. The zero-order valence-corrected chi connectivity index (χ0v) is 13.1. The van der Waals surface area contributed by atoms with Crippen molar-refractivity contribution in [2.24, 2.45) is 0 Å². The Kier molecular flexibility index (Phi) is 2.98. The maximum Gasteiger partial charge on any atom is 0.231 e. The van der Waals surface area contributed by atoms with Crippen molar-refractivity contribution < 1.29 is 9.47 Å². The Morgan fingerprint density at radius 3 is 2.95 bits per heavy atom. The zero-order chi connectivity index (χ0) is 13.5. The van der Waals surface area contributed by atoms with Crippen LogP contribution in [-0.2, 0) is 13.0 Å². The van der Waals surface area contributed by atoms with Gasteiger partial charge in [-0.3, -0.25) is 0 Å². The van der Waals surface area contributed by atoms with Crippen molar-refractivity contribution in [3.05, 3.63) is 51.1 Å². The lowest BCUT2D eigenvalue weighted by molar-refractivity contribution is 0.174. The van der Waals surface area contributed by atoms with Crippen molar-refractivity contribution in [2.75, 3.05) is 18.2 Å². The van der Waals surface area contributed by atoms with E-state index in [2.05, 4.69) is 57.8 Å². The van der Waals surface area contributed by atoms with Gasteiger partial charge in [0.05, 0.1) is 5.69 Å². The molecule has 20 heavy (non-hydrogen) atoms. The molecular formula is C16H14INO2. The molecule has 2 aromatic rings. The van der Waals surface area contributed by atoms with E-state index in [0.29, 0.717) is 6.79 Å². The number of hydrogen-bond donors (Lipinski definition) is 0. The maximum absolute atomic E-state index is 5.45. The van der Waals surface area contributed by atoms with Gasteiger partial charge >= 0.3 is 0 Å². The van der Waals surface area contributed by atoms with Crippen molar-refractivity contribution in [3.8, 4) is 11.5 Å². The molecule has 3 nitrogen and oxygen atoms in total. The van der Waals surface area contributed by atoms with Crippen molar-refractivity contribution >= 4 is 28.3 Å². The van der Waals surface area contributed by atoms with Gasteiger partial charge in [-0.15, -0.1) is 0 Å². The number of para-hydroxylation sites is 1. The first-order valence-electron chi connectivity index (χ1n) is 6.72. The van der Waals surface area contributed by atoms with Gasteiger partial charge in [0, 0.05) is 16.7 Å². The smallest absolute Gasteiger partial charge is 0.231 e. The van der Waals surface area contributed by atoms with Gasteiger partial charge in [-0.2, -0.15) is 0 Å². The number of anilines is 1. The lowest BCUT2D eigenvalue weighted by Crippen LogP contribution is -2.20. The molecule has 0 amide bonds. The number of rotatable bonds is 2. The van der Waals surface area contributed by atoms with Crippen LogP contribution in [0.4, 0.5) is 5.69 Å². The molecule has 0 fully saturated rings. The minimum Gasteiger partial charge on any atom is -0.454 e. The van der Waals surface area contributed by atoms with Crippen LogP contribution in [0.25, 0.3) is 0 Å². The average molecular weight is 379 g/mol. The first-order valence-corrected chi connectivity index (χ1v) is 7.80. The van der Waals surface area contributed by atoms with Gasteiger partial charge in [0.1, 0.15) is 0 Å². The van der Waals surface area contributed by atoms with Gasteiger partial charge in [-0.05, 0) is 58.3 Å². The van der Waals surface area contributed by atoms with Gasteiger partial charge in [0.15, 0.2) is 11.5 Å². The molecule has 0 saturated carbocycles. The lowest BCUT2D eigenvalue weighted by Gasteiger charge is -2.21. The predicted octanol–water partition coefficient (Wildman–Crippen LogP) is 3.58. The summed E-state index contributed by atoms with van der Waals surface area (Å²) in [6, 6.07) is 12.8. The summed E-state index contributed by atoms with van der Waals surface area (Å²) in [5.41, 5.74) is 4.12. The summed E-state index contributed by atoms with van der Waals surface area (Å²) in [6.07, 6.45) is 1.14. The first kappa shape index (κ1) is 12.3. The molecule has 0 unspecified atom stereocenters. The van der Waals surface area contributed by atoms with E-state index in [9.17, 15) is 0 Å². The van der Waals surface area contributed by atoms with E-state index in [0.717, 1.165) is 31.0 Å². The third-order valence-electron chi connectivity index (χ3n) is 3.85. The molecule has 0 radical (unpaired) electrons. The van der Waals surface area contributed by atoms with Gasteiger partial charge < -0.3 is 14.4 Å². The molecule has 4 rings (SSSR count). The highest BCUT2D eigenvalue weighted by atomic mass is 127. The summed E-state index contributed by atoms with van der Waals surface area (Å²) >= 11 is 2.43. The highest BCUT2D eigenvalue weighted by Gasteiger charge is 2.22. The van der Waals surface area contributed by atoms with Crippen molar-refractivity contribution in [2.45, 2.75) is 13.0 Å². The van der Waals surface area contributed by atoms with Crippen LogP contribution in [0.1, 0.15) is 11.1 Å². The molecule has 2 aliphatic rings. The van der Waals surface area contributed by atoms with Crippen LogP contribution >= 0.6 is 22.6 Å². The van der Waals surface area contributed by atoms with Crippen molar-refractivity contribution in [1.82, 2.24) is 0 Å². The van der Waals surface area contributed by atoms with Gasteiger partial charge in [-0.1, -0.05) is 18.2 Å². The van der Waals surface area contributed by atoms with Crippen molar-refractivity contribution in [3.63, 3.8) is 0 Å². The second-order valence-corrected chi connectivity index (χ2v) is 6.27. The van der Waals surface area contributed by atoms with E-state index in [1.807, 2.05) is 6.07 Å². The molecule has 2 aliphatic heterocycles. The van der Waals surface area contributed by atoms with Crippen molar-refractivity contribution in [1.29, 1.82) is 0 Å². The molecule has 0 atom stereocenters. The monoisotopic (exact) mass is 379 g/mol. The molecule has 2 heterocycles. The molecular weight excluding hydrogens is 365 g/mol. The van der Waals surface area contributed by atoms with Crippen LogP contribution in [0.2, 0.25) is 0 Å². The lowest BCUT2D eigenvalue weighted by atomic mass is 10.1. The fourth-order valence-electron chi connectivity index (χ4n) is 2.90. The Morgan fingerprint density at radius 2 is 2.00 bits per heavy atom. The number of benzene rings is 2. The average Bonchev–Trinajstić information content (AvgIpc) is 3.06. The minimum absolute atomic E-state index is 0.337. The summed E-state index contributed by atoms with van der Waals surface area (Å²) < 4.78 is 12.1. The first-order chi connectivity index (χ1) is 9.81. The minimum atomic E-state index is 0.337. The van der Waals surface area contributed by atoms with E-state index in [1.165, 1.54) is 20.4 Å². The van der Waals surface area contributed by atoms with Crippen LogP contribution in [0.15, 0.2) is 36.4 Å². The Morgan fingerprint density at radius 1 is 1.10 bits per heavy atom. The Balaban J connectivity index is 1.62. The van der Waals surface area contributed by atoms with Crippen LogP contribution < -0.4 is 14.4 Å². The molecule has 0 aromatic heterocycles. The van der Waals surface area contributed by atoms with Crippen LogP contribution in [0.3, 0.4) is 0 Å². The van der Waals surface area contributed by atoms with E-state index in [1.54, 1.807) is 0 Å². The molecule has 0 saturated heterocycles. The van der Waals surface area contributed by atoms with E-state index < -0.39 is 0 Å². The van der Waals surface area contributed by atoms with E-state index in [4.69, 9.17) is 9.47 Å². The molecule has 2 aromatic carbocycles. The summed E-state index contributed by atoms with van der Waals surface area (Å²) in [5, 5.41) is 0. The molecule has 0 aliphatic carbocycles. The van der Waals surface area contributed by atoms with Crippen LogP contribution in [0, 0.1) is 3.57 Å². The molecule has 0 N–H and O–H groups in total. The van der Waals surface area contributed by atoms with Crippen LogP contribution in [0.5, 0.6) is 11.5 Å². The number of fused-ring (bicyclic) bond motifs is 2. The predicted molar refractivity (Wildman–Crippen MR) is 86.5 cm³/mol. The maximum atomic E-state index is 5.45. The van der Waals surface area contributed by atoms with Gasteiger partial charge in [0.25, 0.3) is 0 Å². The van der Waals surface area contributed by atoms with Crippen LogP contribution in [-0.4, -0.2) is 13.3 Å². The zero-order valence-electron chi connectivity index (χ0n) is 10.9. The highest BCUT2D eigenvalue weighted by Crippen LogP contribution is 2.36. The topological polar surface area (TPSA) is 21.7 Å². The second-order valence-electron chi connectivity index (χ2n) is 5.11. The number of ether oxygens (including phenoxy) is 2. The third kappa shape index (κ3) is 2.02. The standard InChI is InChI=1S/C16H14INO2/c17-13-3-1-2-12-6-7-18(16(12)13)9-11-4-5-14-15(8-11)20-10-19-14/h1-5,8H,6-7,9-10H2. The van der Waals surface area contributed by atoms with Gasteiger partial charge in [-0.25, -0.2) is 0 Å². The molecule has 0 spiro atoms. The quantitative estimate of drug-likeness (QED) is 0.745. The Hall–Kier alpha value is -1.43. The molecule has 0 bridgehead atoms. The summed E-state index contributed by atoms with van der Waals surface area (Å²) in [6.45, 7) is 2.34. The largest absolute Gasteiger partial charge is 0.454 e. The van der Waals surface area contributed by atoms with E-state index >= 15 is 0 Å². The third-order valence-corrected chi connectivity index (χ3v) is 4.72.